The average Bonchev–Trinajstić information content (AvgIpc) is 3.17. The van der Waals surface area contributed by atoms with Crippen LogP contribution in [0, 0.1) is 20.8 Å². The van der Waals surface area contributed by atoms with E-state index in [2.05, 4.69) is 20.4 Å². The maximum atomic E-state index is 12.9. The molecule has 130 valence electrons. The molecule has 0 aliphatic rings. The molecular formula is C19H16N4O3. The number of nitrogens with zero attached hydrogens (tertiary/aromatic N) is 3. The van der Waals surface area contributed by atoms with Gasteiger partial charge in [-0.25, -0.2) is 4.98 Å². The monoisotopic (exact) mass is 348 g/mol. The molecule has 0 spiro atoms. The van der Waals surface area contributed by atoms with E-state index in [9.17, 15) is 4.79 Å². The van der Waals surface area contributed by atoms with Gasteiger partial charge in [-0.15, -0.1) is 0 Å². The molecule has 0 atom stereocenters. The Kier molecular flexibility index (Phi) is 3.76. The number of fused-ring (bicyclic) bond motifs is 1. The predicted molar refractivity (Wildman–Crippen MR) is 95.9 cm³/mol. The largest absolute Gasteiger partial charge is 0.466 e. The summed E-state index contributed by atoms with van der Waals surface area (Å²) in [6.45, 7) is 5.50. The van der Waals surface area contributed by atoms with E-state index in [1.54, 1.807) is 37.5 Å². The Labute approximate surface area is 149 Å². The second-order valence-corrected chi connectivity index (χ2v) is 6.02. The quantitative estimate of drug-likeness (QED) is 0.600. The van der Waals surface area contributed by atoms with Crippen molar-refractivity contribution in [2.24, 2.45) is 0 Å². The predicted octanol–water partition coefficient (Wildman–Crippen LogP) is 4.06. The molecule has 0 aromatic carbocycles. The molecule has 0 aliphatic heterocycles. The van der Waals surface area contributed by atoms with Crippen LogP contribution in [0.3, 0.4) is 0 Å². The number of pyridine rings is 2. The fourth-order valence-electron chi connectivity index (χ4n) is 2.93. The van der Waals surface area contributed by atoms with Crippen molar-refractivity contribution in [3.63, 3.8) is 0 Å². The van der Waals surface area contributed by atoms with Crippen molar-refractivity contribution in [3.8, 4) is 11.3 Å². The number of hydrogen-bond donors (Lipinski definition) is 1. The molecule has 0 radical (unpaired) electrons. The van der Waals surface area contributed by atoms with E-state index < -0.39 is 0 Å². The van der Waals surface area contributed by atoms with Crippen molar-refractivity contribution in [1.82, 2.24) is 15.1 Å². The summed E-state index contributed by atoms with van der Waals surface area (Å²) in [5.74, 6) is 1.23. The van der Waals surface area contributed by atoms with Gasteiger partial charge in [-0.2, -0.15) is 0 Å². The van der Waals surface area contributed by atoms with Gasteiger partial charge < -0.3 is 14.3 Å². The van der Waals surface area contributed by atoms with Crippen molar-refractivity contribution in [3.05, 3.63) is 59.4 Å². The third-order valence-electron chi connectivity index (χ3n) is 4.12. The summed E-state index contributed by atoms with van der Waals surface area (Å²) < 4.78 is 10.9. The zero-order valence-electron chi connectivity index (χ0n) is 14.5. The second-order valence-electron chi connectivity index (χ2n) is 6.02. The fraction of sp³-hybridized carbons (Fsp3) is 0.158. The van der Waals surface area contributed by atoms with E-state index in [4.69, 9.17) is 8.94 Å². The van der Waals surface area contributed by atoms with Crippen LogP contribution in [-0.4, -0.2) is 21.0 Å². The molecule has 4 aromatic rings. The number of carbonyl (C=O) groups is 1. The lowest BCUT2D eigenvalue weighted by molar-refractivity contribution is 0.102. The number of amides is 1. The third kappa shape index (κ3) is 2.73. The Morgan fingerprint density at radius 3 is 2.58 bits per heavy atom. The van der Waals surface area contributed by atoms with E-state index >= 15 is 0 Å². The van der Waals surface area contributed by atoms with E-state index in [1.807, 2.05) is 19.9 Å². The molecule has 7 heteroatoms. The summed E-state index contributed by atoms with van der Waals surface area (Å²) in [5.41, 5.74) is 3.44. The van der Waals surface area contributed by atoms with Gasteiger partial charge in [-0.05, 0) is 45.0 Å². The first-order valence-electron chi connectivity index (χ1n) is 8.09. The van der Waals surface area contributed by atoms with Gasteiger partial charge in [0.2, 0.25) is 0 Å². The molecular weight excluding hydrogens is 332 g/mol. The Morgan fingerprint density at radius 2 is 1.88 bits per heavy atom. The Balaban J connectivity index is 1.85. The lowest BCUT2D eigenvalue weighted by Gasteiger charge is -2.07. The number of carbonyl (C=O) groups excluding carboxylic acids is 1. The lowest BCUT2D eigenvalue weighted by Crippen LogP contribution is -2.13. The Hall–Kier alpha value is -3.48. The summed E-state index contributed by atoms with van der Waals surface area (Å²) in [6.07, 6.45) is 3.23. The third-order valence-corrected chi connectivity index (χ3v) is 4.12. The lowest BCUT2D eigenvalue weighted by atomic mass is 10.1. The maximum absolute atomic E-state index is 12.9. The minimum Gasteiger partial charge on any atom is -0.466 e. The van der Waals surface area contributed by atoms with Crippen molar-refractivity contribution < 1.29 is 13.7 Å². The van der Waals surface area contributed by atoms with Crippen LogP contribution in [0.5, 0.6) is 0 Å². The highest BCUT2D eigenvalue weighted by molar-refractivity contribution is 6.13. The SMILES string of the molecule is Cc1cc(-c2cc(C(=O)Nc3ccncc3)c3c(C)noc3n2)c(C)o1. The number of nitrogens with one attached hydrogen (secondary N) is 1. The summed E-state index contributed by atoms with van der Waals surface area (Å²) in [7, 11) is 0. The number of aromatic nitrogens is 3. The van der Waals surface area contributed by atoms with E-state index in [0.717, 1.165) is 17.1 Å². The second kappa shape index (κ2) is 6.11. The number of anilines is 1. The zero-order valence-corrected chi connectivity index (χ0v) is 14.5. The van der Waals surface area contributed by atoms with Crippen LogP contribution in [0.15, 0.2) is 45.6 Å². The van der Waals surface area contributed by atoms with Gasteiger partial charge in [0.25, 0.3) is 11.6 Å². The van der Waals surface area contributed by atoms with Gasteiger partial charge in [0.05, 0.1) is 22.3 Å². The van der Waals surface area contributed by atoms with Gasteiger partial charge in [-0.1, -0.05) is 5.16 Å². The molecule has 0 aliphatic carbocycles. The van der Waals surface area contributed by atoms with Crippen LogP contribution >= 0.6 is 0 Å². The van der Waals surface area contributed by atoms with Gasteiger partial charge in [0.1, 0.15) is 11.5 Å². The van der Waals surface area contributed by atoms with Gasteiger partial charge >= 0.3 is 0 Å². The Bertz CT molecular complexity index is 1110. The molecule has 0 saturated carbocycles. The Morgan fingerprint density at radius 1 is 1.12 bits per heavy atom. The van der Waals surface area contributed by atoms with Crippen LogP contribution in [0.25, 0.3) is 22.4 Å². The maximum Gasteiger partial charge on any atom is 0.259 e. The summed E-state index contributed by atoms with van der Waals surface area (Å²) in [6, 6.07) is 7.07. The topological polar surface area (TPSA) is 94.1 Å². The van der Waals surface area contributed by atoms with Crippen LogP contribution in [0.4, 0.5) is 5.69 Å². The van der Waals surface area contributed by atoms with Crippen LogP contribution in [-0.2, 0) is 0 Å². The van der Waals surface area contributed by atoms with Gasteiger partial charge in [0, 0.05) is 23.6 Å². The molecule has 0 bridgehead atoms. The molecule has 0 fully saturated rings. The van der Waals surface area contributed by atoms with E-state index in [1.165, 1.54) is 0 Å². The van der Waals surface area contributed by atoms with Crippen LogP contribution in [0.2, 0.25) is 0 Å². The summed E-state index contributed by atoms with van der Waals surface area (Å²) in [5, 5.41) is 7.42. The highest BCUT2D eigenvalue weighted by Crippen LogP contribution is 2.30. The smallest absolute Gasteiger partial charge is 0.259 e. The van der Waals surface area contributed by atoms with Crippen LogP contribution in [0.1, 0.15) is 27.6 Å². The molecule has 7 nitrogen and oxygen atoms in total. The fourth-order valence-corrected chi connectivity index (χ4v) is 2.93. The first-order chi connectivity index (χ1) is 12.5. The molecule has 4 heterocycles. The van der Waals surface area contributed by atoms with Gasteiger partial charge in [0.15, 0.2) is 0 Å². The number of aryl methyl sites for hydroxylation is 3. The molecule has 1 amide bonds. The molecule has 26 heavy (non-hydrogen) atoms. The van der Waals surface area contributed by atoms with E-state index in [-0.39, 0.29) is 5.91 Å². The first-order valence-corrected chi connectivity index (χ1v) is 8.09. The normalized spacial score (nSPS) is 11.0. The zero-order chi connectivity index (χ0) is 18.3. The van der Waals surface area contributed by atoms with Crippen molar-refractivity contribution in [2.75, 3.05) is 5.32 Å². The number of rotatable bonds is 3. The summed E-state index contributed by atoms with van der Waals surface area (Å²) in [4.78, 5) is 21.4. The minimum absolute atomic E-state index is 0.269. The molecule has 4 aromatic heterocycles. The average molecular weight is 348 g/mol. The van der Waals surface area contributed by atoms with Crippen molar-refractivity contribution in [1.29, 1.82) is 0 Å². The molecule has 0 unspecified atom stereocenters. The number of hydrogen-bond acceptors (Lipinski definition) is 6. The van der Waals surface area contributed by atoms with Crippen molar-refractivity contribution >= 4 is 22.7 Å². The van der Waals surface area contributed by atoms with E-state index in [0.29, 0.717) is 33.7 Å². The highest BCUT2D eigenvalue weighted by Gasteiger charge is 2.21. The first kappa shape index (κ1) is 16.0. The van der Waals surface area contributed by atoms with Crippen molar-refractivity contribution in [2.45, 2.75) is 20.8 Å². The summed E-state index contributed by atoms with van der Waals surface area (Å²) >= 11 is 0. The minimum atomic E-state index is -0.269. The highest BCUT2D eigenvalue weighted by atomic mass is 16.5. The molecule has 0 saturated heterocycles. The van der Waals surface area contributed by atoms with Gasteiger partial charge in [-0.3, -0.25) is 9.78 Å². The van der Waals surface area contributed by atoms with Crippen LogP contribution < -0.4 is 5.32 Å². The number of furan rings is 1. The molecule has 1 N–H and O–H groups in total. The standard InChI is InChI=1S/C19H16N4O3/c1-10-8-14(12(3)25-10)16-9-15(17-11(2)23-26-19(17)22-16)18(24)21-13-4-6-20-7-5-13/h4-9H,1-3H3,(H,20,21,24). The molecule has 4 rings (SSSR count).